The molecule has 0 radical (unpaired) electrons. The van der Waals surface area contributed by atoms with Crippen LogP contribution in [0.5, 0.6) is 0 Å². The molecule has 1 fully saturated rings. The van der Waals surface area contributed by atoms with Crippen molar-refractivity contribution in [2.45, 2.75) is 45.1 Å². The standard InChI is InChI=1S/C17H26N2O2/c1-13(14-7-4-3-5-8-14)18-15-9-6-10-16(11-15)19-17(20)12-21-2/h6,9-11,13-14,18H,3-5,7-8,12H2,1-2H3,(H,19,20). The first kappa shape index (κ1) is 15.8. The largest absolute Gasteiger partial charge is 0.382 e. The van der Waals surface area contributed by atoms with Crippen molar-refractivity contribution >= 4 is 17.3 Å². The molecule has 1 amide bonds. The van der Waals surface area contributed by atoms with Gasteiger partial charge in [0.25, 0.3) is 0 Å². The summed E-state index contributed by atoms with van der Waals surface area (Å²) in [6, 6.07) is 8.34. The lowest BCUT2D eigenvalue weighted by Gasteiger charge is -2.29. The summed E-state index contributed by atoms with van der Waals surface area (Å²) in [4.78, 5) is 11.5. The van der Waals surface area contributed by atoms with Crippen LogP contribution >= 0.6 is 0 Å². The van der Waals surface area contributed by atoms with Crippen molar-refractivity contribution in [1.29, 1.82) is 0 Å². The molecule has 1 aromatic carbocycles. The van der Waals surface area contributed by atoms with Gasteiger partial charge in [-0.1, -0.05) is 25.3 Å². The third kappa shape index (κ3) is 5.05. The Kier molecular flexibility index (Phi) is 6.05. The summed E-state index contributed by atoms with van der Waals surface area (Å²) >= 11 is 0. The van der Waals surface area contributed by atoms with Crippen molar-refractivity contribution in [1.82, 2.24) is 0 Å². The van der Waals surface area contributed by atoms with Crippen molar-refractivity contribution in [3.05, 3.63) is 24.3 Å². The topological polar surface area (TPSA) is 50.4 Å². The molecule has 0 heterocycles. The molecule has 0 bridgehead atoms. The maximum atomic E-state index is 11.5. The van der Waals surface area contributed by atoms with E-state index in [0.717, 1.165) is 17.3 Å². The fraction of sp³-hybridized carbons (Fsp3) is 0.588. The Hall–Kier alpha value is -1.55. The van der Waals surface area contributed by atoms with E-state index in [0.29, 0.717) is 6.04 Å². The second-order valence-electron chi connectivity index (χ2n) is 5.89. The van der Waals surface area contributed by atoms with Crippen LogP contribution in [0.1, 0.15) is 39.0 Å². The number of hydrogen-bond acceptors (Lipinski definition) is 3. The number of carbonyl (C=O) groups excluding carboxylic acids is 1. The number of benzene rings is 1. The van der Waals surface area contributed by atoms with Gasteiger partial charge in [-0.3, -0.25) is 4.79 Å². The first-order valence-electron chi connectivity index (χ1n) is 7.84. The highest BCUT2D eigenvalue weighted by Crippen LogP contribution is 2.28. The Labute approximate surface area is 127 Å². The molecule has 116 valence electrons. The van der Waals surface area contributed by atoms with E-state index in [1.165, 1.54) is 39.2 Å². The van der Waals surface area contributed by atoms with Gasteiger partial charge in [-0.05, 0) is 43.9 Å². The van der Waals surface area contributed by atoms with Crippen LogP contribution in [0.2, 0.25) is 0 Å². The Bertz CT molecular complexity index is 456. The lowest BCUT2D eigenvalue weighted by Crippen LogP contribution is -2.27. The summed E-state index contributed by atoms with van der Waals surface area (Å²) in [5.74, 6) is 0.625. The number of ether oxygens (including phenoxy) is 1. The van der Waals surface area contributed by atoms with Gasteiger partial charge in [0.2, 0.25) is 5.91 Å². The fourth-order valence-electron chi connectivity index (χ4n) is 3.03. The highest BCUT2D eigenvalue weighted by atomic mass is 16.5. The molecule has 1 saturated carbocycles. The number of hydrogen-bond donors (Lipinski definition) is 2. The van der Waals surface area contributed by atoms with Gasteiger partial charge in [-0.15, -0.1) is 0 Å². The minimum absolute atomic E-state index is 0.0795. The summed E-state index contributed by atoms with van der Waals surface area (Å²) in [6.07, 6.45) is 6.72. The molecule has 0 aliphatic heterocycles. The maximum absolute atomic E-state index is 11.5. The molecular formula is C17H26N2O2. The summed E-state index contributed by atoms with van der Waals surface area (Å²) in [7, 11) is 1.52. The van der Waals surface area contributed by atoms with Crippen LogP contribution in [0.3, 0.4) is 0 Å². The van der Waals surface area contributed by atoms with Gasteiger partial charge in [0, 0.05) is 24.5 Å². The van der Waals surface area contributed by atoms with Crippen molar-refractivity contribution < 1.29 is 9.53 Å². The molecular weight excluding hydrogens is 264 g/mol. The van der Waals surface area contributed by atoms with Crippen LogP contribution in [0.25, 0.3) is 0 Å². The monoisotopic (exact) mass is 290 g/mol. The third-order valence-corrected chi connectivity index (χ3v) is 4.17. The minimum Gasteiger partial charge on any atom is -0.382 e. The quantitative estimate of drug-likeness (QED) is 0.840. The molecule has 1 unspecified atom stereocenters. The molecule has 1 atom stereocenters. The van der Waals surface area contributed by atoms with Gasteiger partial charge in [0.05, 0.1) is 0 Å². The molecule has 4 nitrogen and oxygen atoms in total. The second-order valence-corrected chi connectivity index (χ2v) is 5.89. The van der Waals surface area contributed by atoms with Gasteiger partial charge < -0.3 is 15.4 Å². The molecule has 2 rings (SSSR count). The van der Waals surface area contributed by atoms with Crippen molar-refractivity contribution in [3.63, 3.8) is 0 Å². The zero-order valence-electron chi connectivity index (χ0n) is 13.0. The summed E-state index contributed by atoms with van der Waals surface area (Å²) in [5.41, 5.74) is 1.86. The molecule has 0 saturated heterocycles. The van der Waals surface area contributed by atoms with Gasteiger partial charge in [-0.25, -0.2) is 0 Å². The average molecular weight is 290 g/mol. The second kappa shape index (κ2) is 8.03. The lowest BCUT2D eigenvalue weighted by molar-refractivity contribution is -0.119. The minimum atomic E-state index is -0.130. The van der Waals surface area contributed by atoms with Crippen LogP contribution in [-0.4, -0.2) is 25.7 Å². The van der Waals surface area contributed by atoms with E-state index >= 15 is 0 Å². The molecule has 1 aliphatic rings. The summed E-state index contributed by atoms with van der Waals surface area (Å²) in [5, 5.41) is 6.41. The maximum Gasteiger partial charge on any atom is 0.250 e. The predicted molar refractivity (Wildman–Crippen MR) is 86.6 cm³/mol. The predicted octanol–water partition coefficient (Wildman–Crippen LogP) is 3.65. The normalized spacial score (nSPS) is 17.2. The van der Waals surface area contributed by atoms with Crippen LogP contribution in [0, 0.1) is 5.92 Å². The highest BCUT2D eigenvalue weighted by molar-refractivity contribution is 5.92. The van der Waals surface area contributed by atoms with Crippen molar-refractivity contribution in [2.75, 3.05) is 24.4 Å². The highest BCUT2D eigenvalue weighted by Gasteiger charge is 2.19. The number of amides is 1. The molecule has 21 heavy (non-hydrogen) atoms. The van der Waals surface area contributed by atoms with Crippen LogP contribution in [-0.2, 0) is 9.53 Å². The lowest BCUT2D eigenvalue weighted by atomic mass is 9.84. The summed E-state index contributed by atoms with van der Waals surface area (Å²) in [6.45, 7) is 2.34. The molecule has 4 heteroatoms. The average Bonchev–Trinajstić information content (AvgIpc) is 2.48. The van der Waals surface area contributed by atoms with Gasteiger partial charge in [0.15, 0.2) is 0 Å². The van der Waals surface area contributed by atoms with Gasteiger partial charge >= 0.3 is 0 Å². The van der Waals surface area contributed by atoms with E-state index in [2.05, 4.69) is 17.6 Å². The Balaban J connectivity index is 1.92. The van der Waals surface area contributed by atoms with E-state index in [-0.39, 0.29) is 12.5 Å². The molecule has 1 aliphatic carbocycles. The molecule has 1 aromatic rings. The van der Waals surface area contributed by atoms with Gasteiger partial charge in [-0.2, -0.15) is 0 Å². The Morgan fingerprint density at radius 2 is 2.00 bits per heavy atom. The Morgan fingerprint density at radius 3 is 2.71 bits per heavy atom. The summed E-state index contributed by atoms with van der Waals surface area (Å²) < 4.78 is 4.82. The van der Waals surface area contributed by atoms with Crippen LogP contribution in [0.15, 0.2) is 24.3 Å². The van der Waals surface area contributed by atoms with Crippen LogP contribution < -0.4 is 10.6 Å². The number of anilines is 2. The zero-order chi connectivity index (χ0) is 15.1. The van der Waals surface area contributed by atoms with E-state index in [4.69, 9.17) is 4.74 Å². The first-order valence-corrected chi connectivity index (χ1v) is 7.84. The molecule has 0 aromatic heterocycles. The smallest absolute Gasteiger partial charge is 0.250 e. The van der Waals surface area contributed by atoms with Crippen LogP contribution in [0.4, 0.5) is 11.4 Å². The Morgan fingerprint density at radius 1 is 1.29 bits per heavy atom. The number of nitrogens with one attached hydrogen (secondary N) is 2. The van der Waals surface area contributed by atoms with E-state index in [1.807, 2.05) is 24.3 Å². The zero-order valence-corrected chi connectivity index (χ0v) is 13.0. The van der Waals surface area contributed by atoms with E-state index in [1.54, 1.807) is 0 Å². The SMILES string of the molecule is COCC(=O)Nc1cccc(NC(C)C2CCCCC2)c1. The first-order chi connectivity index (χ1) is 10.2. The molecule has 0 spiro atoms. The van der Waals surface area contributed by atoms with Gasteiger partial charge in [0.1, 0.15) is 6.61 Å². The van der Waals surface area contributed by atoms with E-state index in [9.17, 15) is 4.79 Å². The fourth-order valence-corrected chi connectivity index (χ4v) is 3.03. The van der Waals surface area contributed by atoms with Crippen molar-refractivity contribution in [2.24, 2.45) is 5.92 Å². The number of methoxy groups -OCH3 is 1. The third-order valence-electron chi connectivity index (χ3n) is 4.17. The van der Waals surface area contributed by atoms with Crippen molar-refractivity contribution in [3.8, 4) is 0 Å². The molecule has 2 N–H and O–H groups in total. The van der Waals surface area contributed by atoms with E-state index < -0.39 is 0 Å². The number of rotatable bonds is 6. The number of carbonyl (C=O) groups is 1.